The van der Waals surface area contributed by atoms with Gasteiger partial charge in [-0.2, -0.15) is 5.26 Å². The van der Waals surface area contributed by atoms with Crippen molar-refractivity contribution in [2.45, 2.75) is 46.8 Å². The zero-order chi connectivity index (χ0) is 20.6. The van der Waals surface area contributed by atoms with Crippen LogP contribution < -0.4 is 4.90 Å². The third-order valence-electron chi connectivity index (χ3n) is 5.61. The maximum absolute atomic E-state index is 9.48. The zero-order valence-corrected chi connectivity index (χ0v) is 17.9. The van der Waals surface area contributed by atoms with E-state index in [2.05, 4.69) is 80.1 Å². The van der Waals surface area contributed by atoms with Gasteiger partial charge >= 0.3 is 0 Å². The highest BCUT2D eigenvalue weighted by atomic mass is 15.1. The van der Waals surface area contributed by atoms with Crippen LogP contribution in [0.5, 0.6) is 0 Å². The summed E-state index contributed by atoms with van der Waals surface area (Å²) < 4.78 is 2.37. The molecule has 0 aliphatic carbocycles. The molecule has 0 aliphatic rings. The van der Waals surface area contributed by atoms with E-state index < -0.39 is 0 Å². The number of rotatable bonds is 9. The van der Waals surface area contributed by atoms with Gasteiger partial charge < -0.3 is 9.47 Å². The highest BCUT2D eigenvalue weighted by Gasteiger charge is 2.16. The van der Waals surface area contributed by atoms with Gasteiger partial charge in [-0.3, -0.25) is 0 Å². The van der Waals surface area contributed by atoms with Gasteiger partial charge in [0.25, 0.3) is 0 Å². The minimum atomic E-state index is 0.676. The molecule has 0 saturated carbocycles. The molecule has 0 radical (unpaired) electrons. The third-order valence-corrected chi connectivity index (χ3v) is 5.61. The highest BCUT2D eigenvalue weighted by molar-refractivity contribution is 5.36. The third kappa shape index (κ3) is 5.82. The monoisotopic (exact) mass is 386 g/mol. The van der Waals surface area contributed by atoms with Crippen molar-refractivity contribution in [3.63, 3.8) is 0 Å². The molecule has 0 fully saturated rings. The van der Waals surface area contributed by atoms with Crippen molar-refractivity contribution < 1.29 is 4.90 Å². The van der Waals surface area contributed by atoms with E-state index in [1.807, 2.05) is 18.2 Å². The molecule has 3 heteroatoms. The molecule has 1 heterocycles. The second kappa shape index (κ2) is 10.1. The fourth-order valence-corrected chi connectivity index (χ4v) is 3.78. The summed E-state index contributed by atoms with van der Waals surface area (Å²) in [5.74, 6) is 0.676. The van der Waals surface area contributed by atoms with Gasteiger partial charge in [-0.25, -0.2) is 0 Å². The van der Waals surface area contributed by atoms with Crippen molar-refractivity contribution in [2.75, 3.05) is 6.54 Å². The first kappa shape index (κ1) is 20.9. The molecule has 2 aromatic carbocycles. The molecule has 1 N–H and O–H groups in total. The van der Waals surface area contributed by atoms with Crippen LogP contribution in [0, 0.1) is 24.2 Å². The molecule has 0 aliphatic heterocycles. The Bertz CT molecular complexity index is 962. The number of aromatic nitrogens is 1. The van der Waals surface area contributed by atoms with Crippen LogP contribution in [0.4, 0.5) is 0 Å². The van der Waals surface area contributed by atoms with E-state index >= 15 is 0 Å². The summed E-state index contributed by atoms with van der Waals surface area (Å²) in [5, 5.41) is 9.48. The molecular weight excluding hydrogens is 354 g/mol. The lowest BCUT2D eigenvalue weighted by molar-refractivity contribution is -0.928. The first-order valence-electron chi connectivity index (χ1n) is 10.6. The van der Waals surface area contributed by atoms with Gasteiger partial charge in [0.1, 0.15) is 13.1 Å². The Balaban J connectivity index is 1.79. The summed E-state index contributed by atoms with van der Waals surface area (Å²) in [6.45, 7) is 10.6. The normalized spacial score (nSPS) is 12.1. The smallest absolute Gasteiger partial charge is 0.118 e. The lowest BCUT2D eigenvalue weighted by atomic mass is 10.1. The molecular formula is C26H32N3+. The Labute approximate surface area is 175 Å². The van der Waals surface area contributed by atoms with Crippen LogP contribution in [0.25, 0.3) is 0 Å². The van der Waals surface area contributed by atoms with Gasteiger partial charge in [-0.15, -0.1) is 0 Å². The molecule has 0 saturated heterocycles. The largest absolute Gasteiger partial charge is 0.342 e. The molecule has 1 unspecified atom stereocenters. The topological polar surface area (TPSA) is 33.2 Å². The van der Waals surface area contributed by atoms with Gasteiger partial charge in [0, 0.05) is 18.3 Å². The minimum absolute atomic E-state index is 0.676. The quantitative estimate of drug-likeness (QED) is 0.583. The van der Waals surface area contributed by atoms with Crippen molar-refractivity contribution in [3.8, 4) is 6.07 Å². The van der Waals surface area contributed by atoms with E-state index in [-0.39, 0.29) is 0 Å². The molecule has 1 aromatic heterocycles. The summed E-state index contributed by atoms with van der Waals surface area (Å²) in [6, 6.07) is 23.4. The van der Waals surface area contributed by atoms with E-state index in [1.54, 1.807) is 0 Å². The molecule has 1 atom stereocenters. The second-order valence-corrected chi connectivity index (χ2v) is 8.36. The standard InChI is InChI=1S/C26H31N3/c1-21(2)14-16-28(18-25-12-7-6-10-23(25)17-27)20-26-13-8-15-29(26)19-24-11-5-4-9-22(24)3/h4-13,15,21H,14,16,18-20H2,1-3H3/p+1. The molecule has 3 aromatic rings. The maximum atomic E-state index is 9.48. The Hall–Kier alpha value is -2.83. The van der Waals surface area contributed by atoms with Crippen molar-refractivity contribution in [1.29, 1.82) is 5.26 Å². The summed E-state index contributed by atoms with van der Waals surface area (Å²) in [5.41, 5.74) is 5.99. The van der Waals surface area contributed by atoms with Crippen LogP contribution in [0.2, 0.25) is 0 Å². The average molecular weight is 387 g/mol. The fourth-order valence-electron chi connectivity index (χ4n) is 3.78. The average Bonchev–Trinajstić information content (AvgIpc) is 3.15. The molecule has 0 amide bonds. The van der Waals surface area contributed by atoms with Crippen molar-refractivity contribution in [2.24, 2.45) is 5.92 Å². The highest BCUT2D eigenvalue weighted by Crippen LogP contribution is 2.12. The van der Waals surface area contributed by atoms with Crippen molar-refractivity contribution in [1.82, 2.24) is 4.57 Å². The number of aryl methyl sites for hydroxylation is 1. The summed E-state index contributed by atoms with van der Waals surface area (Å²) >= 11 is 0. The van der Waals surface area contributed by atoms with Gasteiger partial charge in [0.2, 0.25) is 0 Å². The number of hydrogen-bond acceptors (Lipinski definition) is 1. The fraction of sp³-hybridized carbons (Fsp3) is 0.346. The Morgan fingerprint density at radius 1 is 0.931 bits per heavy atom. The lowest BCUT2D eigenvalue weighted by Gasteiger charge is -2.22. The number of quaternary nitrogens is 1. The molecule has 0 spiro atoms. The number of benzene rings is 2. The van der Waals surface area contributed by atoms with Crippen LogP contribution >= 0.6 is 0 Å². The van der Waals surface area contributed by atoms with E-state index in [4.69, 9.17) is 0 Å². The number of nitriles is 1. The summed E-state index contributed by atoms with van der Waals surface area (Å²) in [4.78, 5) is 1.51. The zero-order valence-electron chi connectivity index (χ0n) is 17.9. The van der Waals surface area contributed by atoms with Gasteiger partial charge in [-0.1, -0.05) is 56.3 Å². The van der Waals surface area contributed by atoms with Gasteiger partial charge in [0.05, 0.1) is 23.9 Å². The van der Waals surface area contributed by atoms with Gasteiger partial charge in [0.15, 0.2) is 0 Å². The predicted molar refractivity (Wildman–Crippen MR) is 119 cm³/mol. The van der Waals surface area contributed by atoms with Crippen LogP contribution in [-0.4, -0.2) is 11.1 Å². The number of nitrogens with one attached hydrogen (secondary N) is 1. The van der Waals surface area contributed by atoms with Crippen molar-refractivity contribution in [3.05, 3.63) is 94.8 Å². The molecule has 0 bridgehead atoms. The minimum Gasteiger partial charge on any atom is -0.342 e. The molecule has 150 valence electrons. The predicted octanol–water partition coefficient (Wildman–Crippen LogP) is 4.35. The van der Waals surface area contributed by atoms with E-state index in [9.17, 15) is 5.26 Å². The Morgan fingerprint density at radius 3 is 2.38 bits per heavy atom. The SMILES string of the molecule is Cc1ccccc1Cn1cccc1C[NH+](CCC(C)C)Cc1ccccc1C#N. The molecule has 3 rings (SSSR count). The second-order valence-electron chi connectivity index (χ2n) is 8.36. The number of nitrogens with zero attached hydrogens (tertiary/aromatic N) is 2. The first-order chi connectivity index (χ1) is 14.1. The first-order valence-corrected chi connectivity index (χ1v) is 10.6. The maximum Gasteiger partial charge on any atom is 0.118 e. The lowest BCUT2D eigenvalue weighted by Crippen LogP contribution is -3.09. The van der Waals surface area contributed by atoms with E-state index in [1.165, 1.54) is 28.1 Å². The van der Waals surface area contributed by atoms with E-state index in [0.717, 1.165) is 37.3 Å². The van der Waals surface area contributed by atoms with Crippen LogP contribution in [-0.2, 0) is 19.6 Å². The Morgan fingerprint density at radius 2 is 1.66 bits per heavy atom. The molecule has 3 nitrogen and oxygen atoms in total. The number of hydrogen-bond donors (Lipinski definition) is 1. The summed E-state index contributed by atoms with van der Waals surface area (Å²) in [7, 11) is 0. The molecule has 29 heavy (non-hydrogen) atoms. The van der Waals surface area contributed by atoms with Crippen LogP contribution in [0.3, 0.4) is 0 Å². The van der Waals surface area contributed by atoms with E-state index in [0.29, 0.717) is 5.92 Å². The van der Waals surface area contributed by atoms with Crippen molar-refractivity contribution >= 4 is 0 Å². The summed E-state index contributed by atoms with van der Waals surface area (Å²) in [6.07, 6.45) is 3.37. The van der Waals surface area contributed by atoms with Gasteiger partial charge in [-0.05, 0) is 48.6 Å². The van der Waals surface area contributed by atoms with Crippen LogP contribution in [0.1, 0.15) is 48.2 Å². The van der Waals surface area contributed by atoms with Crippen LogP contribution in [0.15, 0.2) is 66.9 Å². The Kier molecular flexibility index (Phi) is 7.27.